The zero-order valence-electron chi connectivity index (χ0n) is 18.8. The second kappa shape index (κ2) is 9.47. The summed E-state index contributed by atoms with van der Waals surface area (Å²) in [6.07, 6.45) is 0.0872. The van der Waals surface area contributed by atoms with Crippen LogP contribution in [0.4, 0.5) is 5.69 Å². The Hall–Kier alpha value is -2.93. The maximum Gasteiger partial charge on any atom is 0.311 e. The van der Waals surface area contributed by atoms with Gasteiger partial charge in [0.05, 0.1) is 18.6 Å². The Bertz CT molecular complexity index is 977. The zero-order chi connectivity index (χ0) is 22.7. The van der Waals surface area contributed by atoms with Gasteiger partial charge in [0.25, 0.3) is 0 Å². The lowest BCUT2D eigenvalue weighted by Crippen LogP contribution is -2.27. The molecule has 2 atom stereocenters. The first-order valence-electron chi connectivity index (χ1n) is 10.5. The molecule has 7 heteroatoms. The number of anilines is 1. The number of carbonyl (C=O) groups excluding carboxylic acids is 3. The molecule has 0 saturated carbocycles. The molecule has 0 spiro atoms. The first kappa shape index (κ1) is 22.7. The molecule has 1 fully saturated rings. The molecule has 1 aromatic heterocycles. The van der Waals surface area contributed by atoms with Gasteiger partial charge in [0, 0.05) is 42.7 Å². The number of hydrogen-bond acceptors (Lipinski definition) is 5. The van der Waals surface area contributed by atoms with Gasteiger partial charge in [-0.2, -0.15) is 0 Å². The predicted octanol–water partition coefficient (Wildman–Crippen LogP) is 3.40. The Morgan fingerprint density at radius 2 is 1.84 bits per heavy atom. The SMILES string of the molecule is COCC(C)n1c(C)cc(C(=O)COC(=O)C2CC(=O)N(c3ccc(C)cc3)C2)c1C. The predicted molar refractivity (Wildman–Crippen MR) is 117 cm³/mol. The molecule has 31 heavy (non-hydrogen) atoms. The van der Waals surface area contributed by atoms with Crippen LogP contribution in [0.1, 0.15) is 46.7 Å². The third kappa shape index (κ3) is 4.88. The molecule has 3 rings (SSSR count). The molecule has 0 N–H and O–H groups in total. The number of hydrogen-bond donors (Lipinski definition) is 0. The second-order valence-corrected chi connectivity index (χ2v) is 8.23. The molecule has 166 valence electrons. The standard InChI is InChI=1S/C24H30N2O5/c1-15-6-8-20(9-7-15)25-12-19(11-23(25)28)24(29)31-14-22(27)21-10-16(2)26(18(21)4)17(3)13-30-5/h6-10,17,19H,11-14H2,1-5H3. The molecule has 7 nitrogen and oxygen atoms in total. The maximum absolute atomic E-state index is 12.7. The van der Waals surface area contributed by atoms with Gasteiger partial charge < -0.3 is 18.9 Å². The molecule has 0 aliphatic carbocycles. The van der Waals surface area contributed by atoms with Crippen LogP contribution >= 0.6 is 0 Å². The van der Waals surface area contributed by atoms with Crippen molar-refractivity contribution < 1.29 is 23.9 Å². The minimum atomic E-state index is -0.573. The van der Waals surface area contributed by atoms with Crippen molar-refractivity contribution in [2.24, 2.45) is 5.92 Å². The van der Waals surface area contributed by atoms with Gasteiger partial charge in [0.1, 0.15) is 0 Å². The minimum absolute atomic E-state index is 0.0872. The smallest absolute Gasteiger partial charge is 0.311 e. The number of amides is 1. The number of nitrogens with zero attached hydrogens (tertiary/aromatic N) is 2. The van der Waals surface area contributed by atoms with Crippen LogP contribution in [0.2, 0.25) is 0 Å². The number of esters is 1. The average Bonchev–Trinajstić information content (AvgIpc) is 3.26. The van der Waals surface area contributed by atoms with E-state index in [0.29, 0.717) is 12.2 Å². The summed E-state index contributed by atoms with van der Waals surface area (Å²) >= 11 is 0. The summed E-state index contributed by atoms with van der Waals surface area (Å²) in [5.41, 5.74) is 4.18. The topological polar surface area (TPSA) is 77.8 Å². The van der Waals surface area contributed by atoms with E-state index in [4.69, 9.17) is 9.47 Å². The molecule has 1 saturated heterocycles. The van der Waals surface area contributed by atoms with Crippen LogP contribution in [0.15, 0.2) is 30.3 Å². The molecule has 2 aromatic rings. The van der Waals surface area contributed by atoms with E-state index < -0.39 is 11.9 Å². The van der Waals surface area contributed by atoms with Crippen LogP contribution < -0.4 is 4.90 Å². The highest BCUT2D eigenvalue weighted by Gasteiger charge is 2.36. The highest BCUT2D eigenvalue weighted by Crippen LogP contribution is 2.26. The third-order valence-electron chi connectivity index (χ3n) is 5.78. The summed E-state index contributed by atoms with van der Waals surface area (Å²) < 4.78 is 12.6. The van der Waals surface area contributed by atoms with E-state index in [9.17, 15) is 14.4 Å². The van der Waals surface area contributed by atoms with Gasteiger partial charge in [-0.1, -0.05) is 17.7 Å². The number of rotatable bonds is 8. The normalized spacial score (nSPS) is 17.1. The van der Waals surface area contributed by atoms with E-state index >= 15 is 0 Å². The Morgan fingerprint density at radius 1 is 1.16 bits per heavy atom. The number of carbonyl (C=O) groups is 3. The van der Waals surface area contributed by atoms with Crippen LogP contribution in [-0.4, -0.2) is 49.1 Å². The van der Waals surface area contributed by atoms with E-state index in [1.807, 2.05) is 62.6 Å². The van der Waals surface area contributed by atoms with Crippen molar-refractivity contribution in [1.82, 2.24) is 4.57 Å². The summed E-state index contributed by atoms with van der Waals surface area (Å²) in [6.45, 7) is 8.27. The lowest BCUT2D eigenvalue weighted by Gasteiger charge is -2.17. The van der Waals surface area contributed by atoms with Gasteiger partial charge in [-0.05, 0) is 45.9 Å². The van der Waals surface area contributed by atoms with Crippen molar-refractivity contribution in [1.29, 1.82) is 0 Å². The molecule has 1 aromatic carbocycles. The van der Waals surface area contributed by atoms with Gasteiger partial charge in [-0.25, -0.2) is 0 Å². The quantitative estimate of drug-likeness (QED) is 0.478. The molecule has 0 radical (unpaired) electrons. The summed E-state index contributed by atoms with van der Waals surface area (Å²) in [7, 11) is 1.64. The van der Waals surface area contributed by atoms with Crippen LogP contribution in [-0.2, 0) is 19.1 Å². The van der Waals surface area contributed by atoms with E-state index in [2.05, 4.69) is 0 Å². The fourth-order valence-electron chi connectivity index (χ4n) is 4.23. The van der Waals surface area contributed by atoms with Crippen LogP contribution in [0.5, 0.6) is 0 Å². The summed E-state index contributed by atoms with van der Waals surface area (Å²) in [6, 6.07) is 9.49. The molecule has 1 aliphatic rings. The van der Waals surface area contributed by atoms with Crippen molar-refractivity contribution in [2.45, 2.75) is 40.2 Å². The lowest BCUT2D eigenvalue weighted by molar-refractivity contribution is -0.147. The number of aryl methyl sites for hydroxylation is 2. The van der Waals surface area contributed by atoms with Crippen molar-refractivity contribution in [3.8, 4) is 0 Å². The number of benzene rings is 1. The fraction of sp³-hybridized carbons (Fsp3) is 0.458. The van der Waals surface area contributed by atoms with Gasteiger partial charge in [-0.15, -0.1) is 0 Å². The Kier molecular flexibility index (Phi) is 6.95. The molecular formula is C24H30N2O5. The fourth-order valence-corrected chi connectivity index (χ4v) is 4.23. The average molecular weight is 427 g/mol. The number of methoxy groups -OCH3 is 1. The van der Waals surface area contributed by atoms with Crippen LogP contribution in [0.25, 0.3) is 0 Å². The van der Waals surface area contributed by atoms with Crippen LogP contribution in [0, 0.1) is 26.7 Å². The summed E-state index contributed by atoms with van der Waals surface area (Å²) in [4.78, 5) is 39.2. The lowest BCUT2D eigenvalue weighted by atomic mass is 10.1. The maximum atomic E-state index is 12.7. The molecular weight excluding hydrogens is 396 g/mol. The molecule has 0 bridgehead atoms. The van der Waals surface area contributed by atoms with E-state index in [1.165, 1.54) is 0 Å². The zero-order valence-corrected chi connectivity index (χ0v) is 18.8. The van der Waals surface area contributed by atoms with Crippen molar-refractivity contribution in [3.63, 3.8) is 0 Å². The molecule has 2 heterocycles. The molecule has 1 amide bonds. The van der Waals surface area contributed by atoms with Gasteiger partial charge in [0.15, 0.2) is 6.61 Å². The largest absolute Gasteiger partial charge is 0.457 e. The second-order valence-electron chi connectivity index (χ2n) is 8.23. The first-order valence-corrected chi connectivity index (χ1v) is 10.5. The van der Waals surface area contributed by atoms with Crippen molar-refractivity contribution >= 4 is 23.3 Å². The highest BCUT2D eigenvalue weighted by molar-refractivity contribution is 6.01. The Morgan fingerprint density at radius 3 is 2.48 bits per heavy atom. The Labute approximate surface area is 182 Å². The van der Waals surface area contributed by atoms with Gasteiger partial charge >= 0.3 is 5.97 Å². The summed E-state index contributed by atoms with van der Waals surface area (Å²) in [5.74, 6) is -1.46. The number of ether oxygens (including phenoxy) is 2. The third-order valence-corrected chi connectivity index (χ3v) is 5.78. The van der Waals surface area contributed by atoms with E-state index in [1.54, 1.807) is 12.0 Å². The summed E-state index contributed by atoms with van der Waals surface area (Å²) in [5, 5.41) is 0. The van der Waals surface area contributed by atoms with Crippen LogP contribution in [0.3, 0.4) is 0 Å². The van der Waals surface area contributed by atoms with E-state index in [-0.39, 0.29) is 37.3 Å². The van der Waals surface area contributed by atoms with Crippen molar-refractivity contribution in [3.05, 3.63) is 52.8 Å². The molecule has 2 unspecified atom stereocenters. The number of aromatic nitrogens is 1. The first-order chi connectivity index (χ1) is 14.7. The minimum Gasteiger partial charge on any atom is -0.457 e. The van der Waals surface area contributed by atoms with Gasteiger partial charge in [0.2, 0.25) is 11.7 Å². The Balaban J connectivity index is 1.61. The van der Waals surface area contributed by atoms with E-state index in [0.717, 1.165) is 22.6 Å². The van der Waals surface area contributed by atoms with Crippen molar-refractivity contribution in [2.75, 3.05) is 31.8 Å². The number of Topliss-reactive ketones (excluding diaryl/α,β-unsaturated/α-hetero) is 1. The highest BCUT2D eigenvalue weighted by atomic mass is 16.5. The monoisotopic (exact) mass is 426 g/mol. The number of ketones is 1. The van der Waals surface area contributed by atoms with Gasteiger partial charge in [-0.3, -0.25) is 14.4 Å². The molecule has 1 aliphatic heterocycles.